The number of carbonyl (C=O) groups excluding carboxylic acids is 1. The molecule has 0 bridgehead atoms. The van der Waals surface area contributed by atoms with Crippen LogP contribution in [0.5, 0.6) is 0 Å². The van der Waals surface area contributed by atoms with Gasteiger partial charge in [0, 0.05) is 19.1 Å². The molecule has 0 unspecified atom stereocenters. The van der Waals surface area contributed by atoms with Crippen molar-refractivity contribution in [2.45, 2.75) is 31.8 Å². The highest BCUT2D eigenvalue weighted by molar-refractivity contribution is 5.75. The zero-order valence-corrected chi connectivity index (χ0v) is 13.7. The molecule has 6 heteroatoms. The molecule has 0 aliphatic carbocycles. The Bertz CT molecular complexity index is 645. The molecule has 1 aliphatic heterocycles. The number of rotatable bonds is 5. The number of likely N-dealkylation sites (tertiary alicyclic amines) is 1. The molecule has 23 heavy (non-hydrogen) atoms. The van der Waals surface area contributed by atoms with Gasteiger partial charge in [0.25, 0.3) is 0 Å². The maximum atomic E-state index is 11.9. The van der Waals surface area contributed by atoms with Crippen molar-refractivity contribution in [3.8, 4) is 0 Å². The maximum absolute atomic E-state index is 11.9. The minimum Gasteiger partial charge on any atom is -0.338 e. The fraction of sp³-hybridized carbons (Fsp3) is 0.529. The molecule has 3 rings (SSSR count). The molecule has 2 heterocycles. The molecule has 0 radical (unpaired) electrons. The number of nitrogens with zero attached hydrogens (tertiary/aromatic N) is 3. The predicted molar refractivity (Wildman–Crippen MR) is 91.4 cm³/mol. The summed E-state index contributed by atoms with van der Waals surface area (Å²) in [4.78, 5) is 18.6. The van der Waals surface area contributed by atoms with E-state index in [-0.39, 0.29) is 6.03 Å². The van der Waals surface area contributed by atoms with Gasteiger partial charge >= 0.3 is 6.03 Å². The Balaban J connectivity index is 1.37. The number of carbonyl (C=O) groups is 1. The second kappa shape index (κ2) is 7.46. The number of urea groups is 1. The summed E-state index contributed by atoms with van der Waals surface area (Å²) < 4.78 is 2.13. The minimum absolute atomic E-state index is 0.0463. The van der Waals surface area contributed by atoms with Gasteiger partial charge in [0.15, 0.2) is 0 Å². The van der Waals surface area contributed by atoms with Crippen LogP contribution in [0.3, 0.4) is 0 Å². The molecule has 2 aromatic rings. The second-order valence-corrected chi connectivity index (χ2v) is 6.26. The standard InChI is InChI=1S/C17H25N5O/c1-21-11-7-14(8-12-21)20-17(23)18-9-4-10-22-13-19-15-5-2-3-6-16(15)22/h2-3,5-6,13-14H,4,7-12H2,1H3,(H2,18,20,23). The molecule has 1 aromatic carbocycles. The molecule has 0 spiro atoms. The van der Waals surface area contributed by atoms with Gasteiger partial charge in [0.2, 0.25) is 0 Å². The van der Waals surface area contributed by atoms with Crippen molar-refractivity contribution >= 4 is 17.1 Å². The Hall–Kier alpha value is -2.08. The van der Waals surface area contributed by atoms with Crippen molar-refractivity contribution in [2.75, 3.05) is 26.7 Å². The molecule has 1 aromatic heterocycles. The van der Waals surface area contributed by atoms with Crippen LogP contribution >= 0.6 is 0 Å². The SMILES string of the molecule is CN1CCC(NC(=O)NCCCn2cnc3ccccc32)CC1. The van der Waals surface area contributed by atoms with E-state index < -0.39 is 0 Å². The topological polar surface area (TPSA) is 62.2 Å². The molecule has 0 atom stereocenters. The zero-order chi connectivity index (χ0) is 16.1. The van der Waals surface area contributed by atoms with E-state index in [0.29, 0.717) is 12.6 Å². The highest BCUT2D eigenvalue weighted by atomic mass is 16.2. The molecule has 0 saturated carbocycles. The van der Waals surface area contributed by atoms with Gasteiger partial charge in [-0.3, -0.25) is 0 Å². The van der Waals surface area contributed by atoms with Crippen LogP contribution < -0.4 is 10.6 Å². The average Bonchev–Trinajstić information content (AvgIpc) is 2.97. The first-order valence-electron chi connectivity index (χ1n) is 8.35. The lowest BCUT2D eigenvalue weighted by molar-refractivity contribution is 0.214. The second-order valence-electron chi connectivity index (χ2n) is 6.26. The van der Waals surface area contributed by atoms with Crippen LogP contribution in [0.25, 0.3) is 11.0 Å². The molecule has 2 N–H and O–H groups in total. The Morgan fingerprint density at radius 2 is 2.09 bits per heavy atom. The smallest absolute Gasteiger partial charge is 0.315 e. The Labute approximate surface area is 136 Å². The van der Waals surface area contributed by atoms with Gasteiger partial charge in [0.1, 0.15) is 0 Å². The number of benzene rings is 1. The average molecular weight is 315 g/mol. The summed E-state index contributed by atoms with van der Waals surface area (Å²) in [5, 5.41) is 6.02. The highest BCUT2D eigenvalue weighted by Crippen LogP contribution is 2.12. The third-order valence-electron chi connectivity index (χ3n) is 4.44. The minimum atomic E-state index is -0.0463. The van der Waals surface area contributed by atoms with Gasteiger partial charge < -0.3 is 20.1 Å². The van der Waals surface area contributed by atoms with Crippen molar-refractivity contribution in [3.63, 3.8) is 0 Å². The van der Waals surface area contributed by atoms with Crippen molar-refractivity contribution < 1.29 is 4.79 Å². The molecular weight excluding hydrogens is 290 g/mol. The van der Waals surface area contributed by atoms with E-state index >= 15 is 0 Å². The number of imidazole rings is 1. The van der Waals surface area contributed by atoms with Crippen LogP contribution in [-0.4, -0.2) is 53.2 Å². The summed E-state index contributed by atoms with van der Waals surface area (Å²) in [6.45, 7) is 3.64. The number of piperidine rings is 1. The van der Waals surface area contributed by atoms with Crippen LogP contribution in [0.4, 0.5) is 4.79 Å². The lowest BCUT2D eigenvalue weighted by atomic mass is 10.1. The summed E-state index contributed by atoms with van der Waals surface area (Å²) >= 11 is 0. The van der Waals surface area contributed by atoms with Crippen molar-refractivity contribution in [1.29, 1.82) is 0 Å². The first-order chi connectivity index (χ1) is 11.2. The summed E-state index contributed by atoms with van der Waals surface area (Å²) in [5.74, 6) is 0. The zero-order valence-electron chi connectivity index (χ0n) is 13.7. The van der Waals surface area contributed by atoms with Gasteiger partial charge in [0.05, 0.1) is 17.4 Å². The largest absolute Gasteiger partial charge is 0.338 e. The summed E-state index contributed by atoms with van der Waals surface area (Å²) in [6.07, 6.45) is 4.82. The third-order valence-corrected chi connectivity index (χ3v) is 4.44. The number of aryl methyl sites for hydroxylation is 1. The summed E-state index contributed by atoms with van der Waals surface area (Å²) in [7, 11) is 2.12. The van der Waals surface area contributed by atoms with E-state index in [9.17, 15) is 4.79 Å². The molecule has 1 fully saturated rings. The number of hydrogen-bond donors (Lipinski definition) is 2. The molecule has 1 aliphatic rings. The lowest BCUT2D eigenvalue weighted by Crippen LogP contribution is -2.47. The first kappa shape index (κ1) is 15.8. The van der Waals surface area contributed by atoms with Crippen LogP contribution in [0.2, 0.25) is 0 Å². The van der Waals surface area contributed by atoms with Gasteiger partial charge in [-0.05, 0) is 51.5 Å². The van der Waals surface area contributed by atoms with E-state index in [1.54, 1.807) is 0 Å². The van der Waals surface area contributed by atoms with Crippen molar-refractivity contribution in [1.82, 2.24) is 25.1 Å². The van der Waals surface area contributed by atoms with Gasteiger partial charge in [-0.1, -0.05) is 12.1 Å². The predicted octanol–water partition coefficient (Wildman–Crippen LogP) is 1.82. The van der Waals surface area contributed by atoms with E-state index in [0.717, 1.165) is 49.9 Å². The Morgan fingerprint density at radius 1 is 1.30 bits per heavy atom. The molecule has 124 valence electrons. The normalized spacial score (nSPS) is 16.6. The lowest BCUT2D eigenvalue weighted by Gasteiger charge is -2.29. The Kier molecular flexibility index (Phi) is 5.12. The number of amides is 2. The van der Waals surface area contributed by atoms with Crippen LogP contribution in [0.15, 0.2) is 30.6 Å². The van der Waals surface area contributed by atoms with Crippen LogP contribution in [0.1, 0.15) is 19.3 Å². The Morgan fingerprint density at radius 3 is 2.91 bits per heavy atom. The number of nitrogens with one attached hydrogen (secondary N) is 2. The first-order valence-corrected chi connectivity index (χ1v) is 8.35. The molecular formula is C17H25N5O. The monoisotopic (exact) mass is 315 g/mol. The number of para-hydroxylation sites is 2. The maximum Gasteiger partial charge on any atom is 0.315 e. The van der Waals surface area contributed by atoms with Gasteiger partial charge in [-0.15, -0.1) is 0 Å². The van der Waals surface area contributed by atoms with Crippen molar-refractivity contribution in [2.24, 2.45) is 0 Å². The van der Waals surface area contributed by atoms with Gasteiger partial charge in [-0.25, -0.2) is 9.78 Å². The molecule has 2 amide bonds. The van der Waals surface area contributed by atoms with E-state index in [4.69, 9.17) is 0 Å². The molecule has 6 nitrogen and oxygen atoms in total. The molecule has 1 saturated heterocycles. The van der Waals surface area contributed by atoms with Crippen LogP contribution in [-0.2, 0) is 6.54 Å². The van der Waals surface area contributed by atoms with E-state index in [1.165, 1.54) is 0 Å². The fourth-order valence-corrected chi connectivity index (χ4v) is 3.03. The quantitative estimate of drug-likeness (QED) is 0.827. The number of hydrogen-bond acceptors (Lipinski definition) is 3. The fourth-order valence-electron chi connectivity index (χ4n) is 3.03. The highest BCUT2D eigenvalue weighted by Gasteiger charge is 2.17. The number of fused-ring (bicyclic) bond motifs is 1. The number of aromatic nitrogens is 2. The third kappa shape index (κ3) is 4.22. The van der Waals surface area contributed by atoms with E-state index in [2.05, 4.69) is 38.2 Å². The van der Waals surface area contributed by atoms with Gasteiger partial charge in [-0.2, -0.15) is 0 Å². The van der Waals surface area contributed by atoms with Crippen LogP contribution in [0, 0.1) is 0 Å². The van der Waals surface area contributed by atoms with Crippen molar-refractivity contribution in [3.05, 3.63) is 30.6 Å². The summed E-state index contributed by atoms with van der Waals surface area (Å²) in [6, 6.07) is 8.36. The van der Waals surface area contributed by atoms with E-state index in [1.807, 2.05) is 24.5 Å². The summed E-state index contributed by atoms with van der Waals surface area (Å²) in [5.41, 5.74) is 2.16.